The first-order valence-electron chi connectivity index (χ1n) is 29.0. The van der Waals surface area contributed by atoms with Crippen molar-refractivity contribution < 1.29 is 0 Å². The van der Waals surface area contributed by atoms with Crippen LogP contribution in [0.4, 0.5) is 34.1 Å². The number of rotatable bonds is 5. The van der Waals surface area contributed by atoms with Gasteiger partial charge < -0.3 is 9.80 Å². The number of benzene rings is 7. The Balaban J connectivity index is 1.22. The molecule has 3 heteroatoms. The lowest BCUT2D eigenvalue weighted by Gasteiger charge is -2.48. The number of hydrogen-bond acceptors (Lipinski definition) is 2. The van der Waals surface area contributed by atoms with Gasteiger partial charge in [0, 0.05) is 34.0 Å². The maximum Gasteiger partial charge on any atom is 0.252 e. The molecule has 0 radical (unpaired) electrons. The second-order valence-electron chi connectivity index (χ2n) is 29.9. The van der Waals surface area contributed by atoms with E-state index >= 15 is 0 Å². The molecule has 0 fully saturated rings. The van der Waals surface area contributed by atoms with Crippen molar-refractivity contribution >= 4 is 57.2 Å². The maximum atomic E-state index is 2.73. The first-order valence-corrected chi connectivity index (χ1v) is 29.0. The Labute approximate surface area is 459 Å². The van der Waals surface area contributed by atoms with E-state index in [9.17, 15) is 0 Å². The van der Waals surface area contributed by atoms with Crippen LogP contribution in [0.2, 0.25) is 0 Å². The standard InChI is InChI=1S/C73H87BN2/c1-45(2)49-38-64-66-65(39-49)76(61-33-29-51(68(6,7)8)40-54(61)48-22-20-46(21-23-48)47-24-26-50(27-25-47)67(3,4)5)62-41-52(69(9,10)11)28-32-59(62)74(66)60-43-57-58(73(18,19)37-36-72(57,16)17)44-63(60)75(64)53-30-31-55-56(42-53)71(14,15)35-34-70(55,12)13/h20-33,38-45H,34-37H2,1-19H3. The minimum absolute atomic E-state index is 0.0260. The quantitative estimate of drug-likeness (QED) is 0.159. The number of fused-ring (bicyclic) bond motifs is 6. The lowest BCUT2D eigenvalue weighted by Crippen LogP contribution is -2.62. The fraction of sp³-hybridized carbons (Fsp3) is 0.425. The highest BCUT2D eigenvalue weighted by molar-refractivity contribution is 7.00. The van der Waals surface area contributed by atoms with E-state index in [0.717, 1.165) is 0 Å². The van der Waals surface area contributed by atoms with Crippen molar-refractivity contribution in [2.45, 2.75) is 201 Å². The van der Waals surface area contributed by atoms with E-state index in [4.69, 9.17) is 0 Å². The smallest absolute Gasteiger partial charge is 0.252 e. The van der Waals surface area contributed by atoms with E-state index in [-0.39, 0.29) is 44.6 Å². The Morgan fingerprint density at radius 2 is 0.829 bits per heavy atom. The monoisotopic (exact) mass is 1000 g/mol. The summed E-state index contributed by atoms with van der Waals surface area (Å²) in [7, 11) is 0. The molecule has 4 aliphatic rings. The van der Waals surface area contributed by atoms with Crippen LogP contribution in [0.15, 0.2) is 127 Å². The van der Waals surface area contributed by atoms with Crippen molar-refractivity contribution in [3.8, 4) is 22.3 Å². The zero-order valence-electron chi connectivity index (χ0n) is 50.0. The van der Waals surface area contributed by atoms with Crippen molar-refractivity contribution in [1.29, 1.82) is 0 Å². The molecule has 7 aromatic rings. The molecule has 392 valence electrons. The van der Waals surface area contributed by atoms with Crippen LogP contribution in [0.25, 0.3) is 22.3 Å². The third-order valence-electron chi connectivity index (χ3n) is 19.1. The Morgan fingerprint density at radius 3 is 1.38 bits per heavy atom. The molecule has 2 aliphatic carbocycles. The van der Waals surface area contributed by atoms with Crippen LogP contribution >= 0.6 is 0 Å². The van der Waals surface area contributed by atoms with Crippen molar-refractivity contribution in [1.82, 2.24) is 0 Å². The number of anilines is 6. The van der Waals surface area contributed by atoms with Crippen molar-refractivity contribution in [3.63, 3.8) is 0 Å². The minimum Gasteiger partial charge on any atom is -0.311 e. The first-order chi connectivity index (χ1) is 35.4. The highest BCUT2D eigenvalue weighted by atomic mass is 15.2. The van der Waals surface area contributed by atoms with E-state index in [1.54, 1.807) is 0 Å². The molecule has 0 saturated heterocycles. The number of hydrogen-bond donors (Lipinski definition) is 0. The molecule has 2 nitrogen and oxygen atoms in total. The van der Waals surface area contributed by atoms with Crippen LogP contribution in [-0.4, -0.2) is 6.71 Å². The lowest BCUT2D eigenvalue weighted by atomic mass is 9.33. The van der Waals surface area contributed by atoms with Crippen LogP contribution in [0.1, 0.15) is 208 Å². The Kier molecular flexibility index (Phi) is 11.9. The van der Waals surface area contributed by atoms with Crippen LogP contribution in [0.5, 0.6) is 0 Å². The Bertz CT molecular complexity index is 3450. The van der Waals surface area contributed by atoms with Gasteiger partial charge in [-0.3, -0.25) is 0 Å². The van der Waals surface area contributed by atoms with Gasteiger partial charge in [-0.25, -0.2) is 0 Å². The molecule has 0 atom stereocenters. The van der Waals surface area contributed by atoms with Gasteiger partial charge >= 0.3 is 0 Å². The van der Waals surface area contributed by atoms with Crippen molar-refractivity contribution in [2.75, 3.05) is 9.80 Å². The summed E-state index contributed by atoms with van der Waals surface area (Å²) in [5, 5.41) is 0. The number of nitrogens with zero attached hydrogens (tertiary/aromatic N) is 2. The fourth-order valence-corrected chi connectivity index (χ4v) is 13.6. The zero-order chi connectivity index (χ0) is 54.6. The molecular weight excluding hydrogens is 916 g/mol. The van der Waals surface area contributed by atoms with Crippen LogP contribution in [0.3, 0.4) is 0 Å². The van der Waals surface area contributed by atoms with Gasteiger partial charge in [0.1, 0.15) is 0 Å². The summed E-state index contributed by atoms with van der Waals surface area (Å²) < 4.78 is 0. The second kappa shape index (κ2) is 17.4. The van der Waals surface area contributed by atoms with E-state index in [2.05, 4.69) is 269 Å². The van der Waals surface area contributed by atoms with Crippen LogP contribution < -0.4 is 26.2 Å². The largest absolute Gasteiger partial charge is 0.311 e. The molecular formula is C73H87BN2. The van der Waals surface area contributed by atoms with Crippen molar-refractivity contribution in [3.05, 3.63) is 172 Å². The van der Waals surface area contributed by atoms with E-state index in [1.807, 2.05) is 0 Å². The summed E-state index contributed by atoms with van der Waals surface area (Å²) >= 11 is 0. The molecule has 2 aliphatic heterocycles. The molecule has 7 aromatic carbocycles. The Morgan fingerprint density at radius 1 is 0.382 bits per heavy atom. The minimum atomic E-state index is -0.0590. The van der Waals surface area contributed by atoms with Gasteiger partial charge in [0.05, 0.1) is 5.69 Å². The fourth-order valence-electron chi connectivity index (χ4n) is 13.6. The van der Waals surface area contributed by atoms with Gasteiger partial charge in [-0.15, -0.1) is 0 Å². The molecule has 0 aromatic heterocycles. The van der Waals surface area contributed by atoms with Gasteiger partial charge in [0.15, 0.2) is 0 Å². The predicted octanol–water partition coefficient (Wildman–Crippen LogP) is 18.8. The molecule has 76 heavy (non-hydrogen) atoms. The topological polar surface area (TPSA) is 6.48 Å². The maximum absolute atomic E-state index is 2.73. The Hall–Kier alpha value is -5.80. The SMILES string of the molecule is CC(C)c1cc2c3c(c1)N(c1ccc(C(C)(C)C)cc1-c1ccc(-c4ccc(C(C)(C)C)cc4)cc1)c1cc(C(C)(C)C)ccc1B3c1cc3c(cc1N2c1ccc2c(c1)C(C)(C)CCC2(C)C)C(C)(C)CCC3(C)C. The summed E-state index contributed by atoms with van der Waals surface area (Å²) in [5.74, 6) is 0.298. The van der Waals surface area contributed by atoms with Crippen LogP contribution in [-0.2, 0) is 37.9 Å². The third-order valence-corrected chi connectivity index (χ3v) is 19.1. The van der Waals surface area contributed by atoms with E-state index in [0.29, 0.717) is 5.92 Å². The summed E-state index contributed by atoms with van der Waals surface area (Å²) in [6.07, 6.45) is 4.72. The molecule has 0 unspecified atom stereocenters. The molecule has 0 N–H and O–H groups in total. The third kappa shape index (κ3) is 8.61. The molecule has 0 spiro atoms. The van der Waals surface area contributed by atoms with Gasteiger partial charge in [-0.2, -0.15) is 0 Å². The van der Waals surface area contributed by atoms with Gasteiger partial charge in [0.25, 0.3) is 6.71 Å². The van der Waals surface area contributed by atoms with Gasteiger partial charge in [0.2, 0.25) is 0 Å². The molecule has 0 amide bonds. The highest BCUT2D eigenvalue weighted by Crippen LogP contribution is 2.54. The van der Waals surface area contributed by atoms with E-state index < -0.39 is 0 Å². The lowest BCUT2D eigenvalue weighted by molar-refractivity contribution is 0.332. The predicted molar refractivity (Wildman–Crippen MR) is 332 cm³/mol. The molecule has 11 rings (SSSR count). The molecule has 0 saturated carbocycles. The summed E-state index contributed by atoms with van der Waals surface area (Å²) in [4.78, 5) is 5.44. The summed E-state index contributed by atoms with van der Waals surface area (Å²) in [6, 6.07) is 51.7. The first kappa shape index (κ1) is 52.3. The highest BCUT2D eigenvalue weighted by Gasteiger charge is 2.48. The summed E-state index contributed by atoms with van der Waals surface area (Å²) in [5.41, 5.74) is 28.6. The molecule has 2 heterocycles. The summed E-state index contributed by atoms with van der Waals surface area (Å²) in [6.45, 7) is 45.7. The normalized spacial score (nSPS) is 17.9. The van der Waals surface area contributed by atoms with Gasteiger partial charge in [-0.1, -0.05) is 210 Å². The van der Waals surface area contributed by atoms with Crippen LogP contribution in [0, 0.1) is 0 Å². The average molecular weight is 1000 g/mol. The van der Waals surface area contributed by atoms with Crippen molar-refractivity contribution in [2.24, 2.45) is 0 Å². The second-order valence-corrected chi connectivity index (χ2v) is 29.9. The van der Waals surface area contributed by atoms with Gasteiger partial charge in [-0.05, 0) is 196 Å². The zero-order valence-corrected chi connectivity index (χ0v) is 50.0. The van der Waals surface area contributed by atoms with E-state index in [1.165, 1.54) is 143 Å². The average Bonchev–Trinajstić information content (AvgIpc) is 3.52. The molecule has 0 bridgehead atoms.